The van der Waals surface area contributed by atoms with E-state index in [1.54, 1.807) is 30.0 Å². The van der Waals surface area contributed by atoms with Crippen molar-refractivity contribution in [3.05, 3.63) is 29.8 Å². The number of likely N-dealkylation sites (tertiary alicyclic amines) is 1. The van der Waals surface area contributed by atoms with E-state index < -0.39 is 11.9 Å². The smallest absolute Gasteiger partial charge is 0.313 e. The molecule has 0 saturated carbocycles. The first kappa shape index (κ1) is 14.4. The van der Waals surface area contributed by atoms with Crippen molar-refractivity contribution < 1.29 is 14.3 Å². The van der Waals surface area contributed by atoms with E-state index in [1.807, 2.05) is 6.07 Å². The topological polar surface area (TPSA) is 72.6 Å². The third-order valence-corrected chi connectivity index (χ3v) is 3.56. The number of carbonyl (C=O) groups is 2. The fourth-order valence-corrected chi connectivity index (χ4v) is 2.28. The highest BCUT2D eigenvalue weighted by atomic mass is 16.5. The molecule has 2 N–H and O–H groups in total. The molecule has 0 aliphatic carbocycles. The van der Waals surface area contributed by atoms with Crippen LogP contribution in [0.3, 0.4) is 0 Å². The molecule has 0 bridgehead atoms. The summed E-state index contributed by atoms with van der Waals surface area (Å²) < 4.78 is 5.10. The summed E-state index contributed by atoms with van der Waals surface area (Å²) in [6.45, 7) is 3.10. The molecule has 5 heteroatoms. The zero-order valence-corrected chi connectivity index (χ0v) is 11.7. The van der Waals surface area contributed by atoms with Gasteiger partial charge in [0.2, 0.25) is 0 Å². The zero-order valence-electron chi connectivity index (χ0n) is 11.7. The van der Waals surface area contributed by atoms with Crippen LogP contribution < -0.4 is 5.73 Å². The van der Waals surface area contributed by atoms with Crippen LogP contribution in [0.4, 0.5) is 5.69 Å². The van der Waals surface area contributed by atoms with Crippen molar-refractivity contribution in [1.82, 2.24) is 4.90 Å². The van der Waals surface area contributed by atoms with Crippen LogP contribution in [0, 0.1) is 0 Å². The summed E-state index contributed by atoms with van der Waals surface area (Å²) in [7, 11) is 0. The highest BCUT2D eigenvalue weighted by Gasteiger charge is 2.22. The van der Waals surface area contributed by atoms with Gasteiger partial charge in [-0.05, 0) is 37.5 Å². The van der Waals surface area contributed by atoms with E-state index in [0.717, 1.165) is 31.5 Å². The van der Waals surface area contributed by atoms with Gasteiger partial charge >= 0.3 is 5.97 Å². The summed E-state index contributed by atoms with van der Waals surface area (Å²) in [6.07, 6.45) is 2.05. The Labute approximate surface area is 118 Å². The number of ether oxygens (including phenoxy) is 1. The minimum absolute atomic E-state index is 0.115. The van der Waals surface area contributed by atoms with Crippen LogP contribution >= 0.6 is 0 Å². The normalized spacial score (nSPS) is 15.9. The molecule has 20 heavy (non-hydrogen) atoms. The molecule has 108 valence electrons. The number of amides is 1. The Balaban J connectivity index is 1.86. The quantitative estimate of drug-likeness (QED) is 0.668. The lowest BCUT2D eigenvalue weighted by Crippen LogP contribution is -2.32. The molecule has 1 aliphatic rings. The fraction of sp³-hybridized carbons (Fsp3) is 0.467. The van der Waals surface area contributed by atoms with E-state index in [2.05, 4.69) is 0 Å². The second-order valence-corrected chi connectivity index (χ2v) is 5.09. The minimum Gasteiger partial charge on any atom is -0.455 e. The predicted molar refractivity (Wildman–Crippen MR) is 76.0 cm³/mol. The van der Waals surface area contributed by atoms with Crippen molar-refractivity contribution in [2.45, 2.75) is 25.7 Å². The molecule has 1 fully saturated rings. The van der Waals surface area contributed by atoms with E-state index in [9.17, 15) is 9.59 Å². The summed E-state index contributed by atoms with van der Waals surface area (Å²) in [6, 6.07) is 7.13. The summed E-state index contributed by atoms with van der Waals surface area (Å²) in [4.78, 5) is 25.5. The highest BCUT2D eigenvalue weighted by Crippen LogP contribution is 2.19. The van der Waals surface area contributed by atoms with Crippen molar-refractivity contribution in [3.63, 3.8) is 0 Å². The lowest BCUT2D eigenvalue weighted by molar-refractivity contribution is -0.152. The third kappa shape index (κ3) is 3.50. The second kappa shape index (κ2) is 6.41. The van der Waals surface area contributed by atoms with Crippen molar-refractivity contribution in [1.29, 1.82) is 0 Å². The molecule has 1 aromatic rings. The molecule has 0 radical (unpaired) electrons. The van der Waals surface area contributed by atoms with Gasteiger partial charge in [-0.1, -0.05) is 12.1 Å². The van der Waals surface area contributed by atoms with E-state index in [4.69, 9.17) is 10.5 Å². The van der Waals surface area contributed by atoms with Crippen LogP contribution in [0.5, 0.6) is 0 Å². The maximum absolute atomic E-state index is 11.9. The number of rotatable bonds is 4. The van der Waals surface area contributed by atoms with Gasteiger partial charge in [-0.25, -0.2) is 0 Å². The SMILES string of the molecule is CC(C(=O)OCC(=O)N1CCCC1)c1cccc(N)c1. The number of esters is 1. The summed E-state index contributed by atoms with van der Waals surface area (Å²) >= 11 is 0. The van der Waals surface area contributed by atoms with Crippen LogP contribution in [0.25, 0.3) is 0 Å². The van der Waals surface area contributed by atoms with Gasteiger partial charge < -0.3 is 15.4 Å². The number of anilines is 1. The number of nitrogens with two attached hydrogens (primary N) is 1. The van der Waals surface area contributed by atoms with Crippen molar-refractivity contribution in [2.24, 2.45) is 0 Å². The van der Waals surface area contributed by atoms with E-state index >= 15 is 0 Å². The van der Waals surface area contributed by atoms with Gasteiger partial charge in [0.15, 0.2) is 6.61 Å². The summed E-state index contributed by atoms with van der Waals surface area (Å²) in [5.41, 5.74) is 7.09. The van der Waals surface area contributed by atoms with Crippen LogP contribution in [0.1, 0.15) is 31.2 Å². The van der Waals surface area contributed by atoms with Gasteiger partial charge in [0.1, 0.15) is 0 Å². The van der Waals surface area contributed by atoms with Crippen LogP contribution in [-0.4, -0.2) is 36.5 Å². The van der Waals surface area contributed by atoms with Gasteiger partial charge in [0.05, 0.1) is 5.92 Å². The van der Waals surface area contributed by atoms with Crippen LogP contribution in [0.2, 0.25) is 0 Å². The molecule has 2 rings (SSSR count). The molecule has 0 aromatic heterocycles. The molecular formula is C15H20N2O3. The zero-order chi connectivity index (χ0) is 14.5. The van der Waals surface area contributed by atoms with Crippen LogP contribution in [-0.2, 0) is 14.3 Å². The summed E-state index contributed by atoms with van der Waals surface area (Å²) in [5, 5.41) is 0. The Morgan fingerprint density at radius 2 is 2.05 bits per heavy atom. The minimum atomic E-state index is -0.426. The first-order chi connectivity index (χ1) is 9.58. The number of nitrogen functional groups attached to an aromatic ring is 1. The maximum atomic E-state index is 11.9. The van der Waals surface area contributed by atoms with Crippen molar-refractivity contribution in [3.8, 4) is 0 Å². The molecule has 1 unspecified atom stereocenters. The van der Waals surface area contributed by atoms with Gasteiger partial charge in [0.25, 0.3) is 5.91 Å². The van der Waals surface area contributed by atoms with Crippen molar-refractivity contribution in [2.75, 3.05) is 25.4 Å². The molecule has 0 spiro atoms. The number of carbonyl (C=O) groups excluding carboxylic acids is 2. The molecular weight excluding hydrogens is 256 g/mol. The first-order valence-electron chi connectivity index (χ1n) is 6.88. The lowest BCUT2D eigenvalue weighted by Gasteiger charge is -2.16. The monoisotopic (exact) mass is 276 g/mol. The van der Waals surface area contributed by atoms with E-state index in [1.165, 1.54) is 0 Å². The van der Waals surface area contributed by atoms with E-state index in [0.29, 0.717) is 5.69 Å². The molecule has 1 aromatic carbocycles. The molecule has 5 nitrogen and oxygen atoms in total. The van der Waals surface area contributed by atoms with Crippen LogP contribution in [0.15, 0.2) is 24.3 Å². The molecule has 1 aliphatic heterocycles. The Kier molecular flexibility index (Phi) is 4.61. The summed E-state index contributed by atoms with van der Waals surface area (Å²) in [5.74, 6) is -0.941. The number of hydrogen-bond acceptors (Lipinski definition) is 4. The third-order valence-electron chi connectivity index (χ3n) is 3.56. The average Bonchev–Trinajstić information content (AvgIpc) is 2.97. The Morgan fingerprint density at radius 1 is 1.35 bits per heavy atom. The van der Waals surface area contributed by atoms with Gasteiger partial charge in [-0.2, -0.15) is 0 Å². The Hall–Kier alpha value is -2.04. The highest BCUT2D eigenvalue weighted by molar-refractivity contribution is 5.83. The molecule has 1 heterocycles. The number of benzene rings is 1. The standard InChI is InChI=1S/C15H20N2O3/c1-11(12-5-4-6-13(16)9-12)15(19)20-10-14(18)17-7-2-3-8-17/h4-6,9,11H,2-3,7-8,10,16H2,1H3. The maximum Gasteiger partial charge on any atom is 0.313 e. The Morgan fingerprint density at radius 3 is 2.70 bits per heavy atom. The number of nitrogens with zero attached hydrogens (tertiary/aromatic N) is 1. The Bertz CT molecular complexity index is 496. The van der Waals surface area contributed by atoms with Gasteiger partial charge in [-0.15, -0.1) is 0 Å². The lowest BCUT2D eigenvalue weighted by atomic mass is 10.0. The fourth-order valence-electron chi connectivity index (χ4n) is 2.28. The molecule has 1 saturated heterocycles. The van der Waals surface area contributed by atoms with Crippen molar-refractivity contribution >= 4 is 17.6 Å². The first-order valence-corrected chi connectivity index (χ1v) is 6.88. The molecule has 1 atom stereocenters. The van der Waals surface area contributed by atoms with Gasteiger partial charge in [0, 0.05) is 18.8 Å². The number of hydrogen-bond donors (Lipinski definition) is 1. The average molecular weight is 276 g/mol. The van der Waals surface area contributed by atoms with Gasteiger partial charge in [-0.3, -0.25) is 9.59 Å². The largest absolute Gasteiger partial charge is 0.455 e. The second-order valence-electron chi connectivity index (χ2n) is 5.09. The van der Waals surface area contributed by atoms with E-state index in [-0.39, 0.29) is 12.5 Å². The molecule has 1 amide bonds. The predicted octanol–water partition coefficient (Wildman–Crippen LogP) is 1.54.